The van der Waals surface area contributed by atoms with Crippen LogP contribution in [-0.4, -0.2) is 21.5 Å². The molecule has 0 unspecified atom stereocenters. The van der Waals surface area contributed by atoms with E-state index in [2.05, 4.69) is 21.0 Å². The summed E-state index contributed by atoms with van der Waals surface area (Å²) in [4.78, 5) is 14.3. The first-order valence-corrected chi connectivity index (χ1v) is 5.88. The van der Waals surface area contributed by atoms with Gasteiger partial charge in [-0.1, -0.05) is 6.07 Å². The highest BCUT2D eigenvalue weighted by atomic mass is 15.2. The van der Waals surface area contributed by atoms with Gasteiger partial charge in [0.1, 0.15) is 11.6 Å². The predicted molar refractivity (Wildman–Crippen MR) is 72.0 cm³/mol. The van der Waals surface area contributed by atoms with Gasteiger partial charge >= 0.3 is 0 Å². The molecule has 0 aliphatic heterocycles. The van der Waals surface area contributed by atoms with Gasteiger partial charge in [-0.3, -0.25) is 9.97 Å². The van der Waals surface area contributed by atoms with E-state index in [0.717, 1.165) is 5.56 Å². The number of pyridine rings is 1. The van der Waals surface area contributed by atoms with Crippen LogP contribution in [0.2, 0.25) is 0 Å². The summed E-state index contributed by atoms with van der Waals surface area (Å²) < 4.78 is 0. The van der Waals surface area contributed by atoms with Crippen LogP contribution in [0, 0.1) is 11.3 Å². The molecule has 0 aliphatic carbocycles. The Morgan fingerprint density at radius 2 is 2.16 bits per heavy atom. The molecule has 0 saturated carbocycles. The van der Waals surface area contributed by atoms with Crippen LogP contribution in [0.4, 0.5) is 11.6 Å². The summed E-state index contributed by atoms with van der Waals surface area (Å²) in [6.07, 6.45) is 7.07. The van der Waals surface area contributed by atoms with Gasteiger partial charge in [-0.05, 0) is 11.6 Å². The Morgan fingerprint density at radius 3 is 2.84 bits per heavy atom. The molecule has 2 aromatic rings. The third-order valence-electron chi connectivity index (χ3n) is 2.55. The summed E-state index contributed by atoms with van der Waals surface area (Å²) in [5.41, 5.74) is 6.69. The molecule has 0 atom stereocenters. The topological polar surface area (TPSA) is 91.7 Å². The zero-order chi connectivity index (χ0) is 13.5. The van der Waals surface area contributed by atoms with Gasteiger partial charge in [0.05, 0.1) is 24.9 Å². The molecular weight excluding hydrogens is 240 g/mol. The summed E-state index contributed by atoms with van der Waals surface area (Å²) in [5.74, 6) is 1.03. The monoisotopic (exact) mass is 254 g/mol. The maximum atomic E-state index is 8.73. The van der Waals surface area contributed by atoms with Crippen LogP contribution in [0.5, 0.6) is 0 Å². The van der Waals surface area contributed by atoms with Crippen molar-refractivity contribution in [2.24, 2.45) is 0 Å². The molecule has 2 aromatic heterocycles. The van der Waals surface area contributed by atoms with Gasteiger partial charge in [-0.25, -0.2) is 4.98 Å². The van der Waals surface area contributed by atoms with Crippen molar-refractivity contribution in [1.29, 1.82) is 5.26 Å². The van der Waals surface area contributed by atoms with Crippen LogP contribution in [0.15, 0.2) is 36.9 Å². The van der Waals surface area contributed by atoms with E-state index < -0.39 is 0 Å². The molecule has 0 amide bonds. The minimum atomic E-state index is 0.366. The van der Waals surface area contributed by atoms with Crippen LogP contribution < -0.4 is 10.6 Å². The molecule has 0 bridgehead atoms. The van der Waals surface area contributed by atoms with Crippen LogP contribution >= 0.6 is 0 Å². The molecule has 19 heavy (non-hydrogen) atoms. The first-order chi connectivity index (χ1) is 9.29. The van der Waals surface area contributed by atoms with Crippen molar-refractivity contribution >= 4 is 11.6 Å². The van der Waals surface area contributed by atoms with Crippen molar-refractivity contribution in [3.8, 4) is 6.07 Å². The predicted octanol–water partition coefficient (Wildman–Crippen LogP) is 1.37. The third kappa shape index (κ3) is 3.64. The molecule has 0 saturated heterocycles. The molecule has 6 heteroatoms. The largest absolute Gasteiger partial charge is 0.382 e. The zero-order valence-corrected chi connectivity index (χ0v) is 10.4. The molecule has 2 heterocycles. The summed E-state index contributed by atoms with van der Waals surface area (Å²) in [6.45, 7) is 1.19. The number of hydrogen-bond donors (Lipinski definition) is 1. The molecule has 0 aliphatic rings. The number of rotatable bonds is 5. The quantitative estimate of drug-likeness (QED) is 0.866. The minimum absolute atomic E-state index is 0.366. The van der Waals surface area contributed by atoms with E-state index in [1.54, 1.807) is 18.6 Å². The van der Waals surface area contributed by atoms with Crippen LogP contribution in [0.1, 0.15) is 12.0 Å². The van der Waals surface area contributed by atoms with Crippen molar-refractivity contribution < 1.29 is 0 Å². The van der Waals surface area contributed by atoms with Crippen molar-refractivity contribution in [2.75, 3.05) is 17.2 Å². The van der Waals surface area contributed by atoms with E-state index in [1.807, 2.05) is 17.0 Å². The van der Waals surface area contributed by atoms with Crippen molar-refractivity contribution in [3.05, 3.63) is 42.5 Å². The second kappa shape index (κ2) is 6.31. The SMILES string of the molecule is N#CCCN(Cc1cccnc1)c1cncc(N)n1. The first-order valence-electron chi connectivity index (χ1n) is 5.88. The Balaban J connectivity index is 2.19. The van der Waals surface area contributed by atoms with Crippen LogP contribution in [0.3, 0.4) is 0 Å². The highest BCUT2D eigenvalue weighted by Gasteiger charge is 2.09. The molecule has 2 N–H and O–H groups in total. The number of hydrogen-bond acceptors (Lipinski definition) is 6. The van der Waals surface area contributed by atoms with E-state index in [1.165, 1.54) is 6.20 Å². The van der Waals surface area contributed by atoms with Gasteiger partial charge in [0.2, 0.25) is 0 Å². The maximum absolute atomic E-state index is 8.73. The summed E-state index contributed by atoms with van der Waals surface area (Å²) >= 11 is 0. The lowest BCUT2D eigenvalue weighted by atomic mass is 10.2. The average Bonchev–Trinajstić information content (AvgIpc) is 2.44. The number of nitrogens with two attached hydrogens (primary N) is 1. The van der Waals surface area contributed by atoms with Crippen LogP contribution in [0.25, 0.3) is 0 Å². The molecule has 2 rings (SSSR count). The standard InChI is InChI=1S/C13H14N6/c14-4-2-6-19(10-11-3-1-5-16-7-11)13-9-17-8-12(15)18-13/h1,3,5,7-9H,2,6,10H2,(H2,15,18). The number of nitriles is 1. The first kappa shape index (κ1) is 12.8. The molecule has 0 spiro atoms. The van der Waals surface area contributed by atoms with E-state index in [9.17, 15) is 0 Å². The summed E-state index contributed by atoms with van der Waals surface area (Å²) in [6, 6.07) is 5.99. The van der Waals surface area contributed by atoms with E-state index in [0.29, 0.717) is 31.1 Å². The molecule has 6 nitrogen and oxygen atoms in total. The number of nitrogens with zero attached hydrogens (tertiary/aromatic N) is 5. The summed E-state index contributed by atoms with van der Waals surface area (Å²) in [5, 5.41) is 8.73. The van der Waals surface area contributed by atoms with E-state index in [-0.39, 0.29) is 0 Å². The molecular formula is C13H14N6. The molecule has 0 radical (unpaired) electrons. The highest BCUT2D eigenvalue weighted by Crippen LogP contribution is 2.14. The fourth-order valence-corrected chi connectivity index (χ4v) is 1.69. The van der Waals surface area contributed by atoms with Crippen molar-refractivity contribution in [2.45, 2.75) is 13.0 Å². The molecule has 96 valence electrons. The second-order valence-electron chi connectivity index (χ2n) is 3.99. The Kier molecular flexibility index (Phi) is 4.24. The van der Waals surface area contributed by atoms with Gasteiger partial charge in [0.15, 0.2) is 0 Å². The van der Waals surface area contributed by atoms with Gasteiger partial charge < -0.3 is 10.6 Å². The van der Waals surface area contributed by atoms with Crippen molar-refractivity contribution in [1.82, 2.24) is 15.0 Å². The Hall–Kier alpha value is -2.68. The number of anilines is 2. The minimum Gasteiger partial charge on any atom is -0.382 e. The Morgan fingerprint density at radius 1 is 1.26 bits per heavy atom. The lowest BCUT2D eigenvalue weighted by molar-refractivity contribution is 0.778. The van der Waals surface area contributed by atoms with Gasteiger partial charge in [0.25, 0.3) is 0 Å². The Bertz CT molecular complexity index is 563. The smallest absolute Gasteiger partial charge is 0.149 e. The zero-order valence-electron chi connectivity index (χ0n) is 10.4. The number of nitrogen functional groups attached to an aromatic ring is 1. The van der Waals surface area contributed by atoms with Gasteiger partial charge in [0, 0.05) is 25.5 Å². The van der Waals surface area contributed by atoms with Gasteiger partial charge in [-0.15, -0.1) is 0 Å². The van der Waals surface area contributed by atoms with Gasteiger partial charge in [-0.2, -0.15) is 5.26 Å². The molecule has 0 aromatic carbocycles. The fraction of sp³-hybridized carbons (Fsp3) is 0.231. The fourth-order valence-electron chi connectivity index (χ4n) is 1.69. The maximum Gasteiger partial charge on any atom is 0.149 e. The van der Waals surface area contributed by atoms with Crippen molar-refractivity contribution in [3.63, 3.8) is 0 Å². The number of aromatic nitrogens is 3. The normalized spacial score (nSPS) is 9.84. The van der Waals surface area contributed by atoms with Crippen LogP contribution in [-0.2, 0) is 6.54 Å². The second-order valence-corrected chi connectivity index (χ2v) is 3.99. The lowest BCUT2D eigenvalue weighted by Crippen LogP contribution is -2.25. The third-order valence-corrected chi connectivity index (χ3v) is 2.55. The van der Waals surface area contributed by atoms with E-state index in [4.69, 9.17) is 11.0 Å². The summed E-state index contributed by atoms with van der Waals surface area (Å²) in [7, 11) is 0. The van der Waals surface area contributed by atoms with E-state index >= 15 is 0 Å². The highest BCUT2D eigenvalue weighted by molar-refractivity contribution is 5.42. The Labute approximate surface area is 111 Å². The molecule has 0 fully saturated rings. The lowest BCUT2D eigenvalue weighted by Gasteiger charge is -2.22. The average molecular weight is 254 g/mol.